The van der Waals surface area contributed by atoms with Crippen LogP contribution in [0, 0.1) is 12.3 Å². The number of anilines is 1. The Balaban J connectivity index is 1.89. The number of carbonyl (C=O) groups is 1. The Morgan fingerprint density at radius 3 is 2.88 bits per heavy atom. The lowest BCUT2D eigenvalue weighted by Gasteiger charge is -2.38. The van der Waals surface area contributed by atoms with Crippen LogP contribution < -0.4 is 5.32 Å². The molecule has 0 saturated carbocycles. The van der Waals surface area contributed by atoms with Crippen LogP contribution in [0.1, 0.15) is 50.8 Å². The number of aromatic nitrogens is 3. The molecule has 1 atom stereocenters. The zero-order valence-corrected chi connectivity index (χ0v) is 16.5. The summed E-state index contributed by atoms with van der Waals surface area (Å²) in [4.78, 5) is 17.8. The molecule has 2 heterocycles. The standard InChI is InChI=1S/C20H24N4OS/c1-5-26-19-22-18-21-14-10-20(3,4)11-15(25)16(14)17(24(18)23-19)13-8-6-7-12(2)9-13/h6-9,17H,5,10-11H2,1-4H3,(H,21,22,23). The first-order valence-corrected chi connectivity index (χ1v) is 10.1. The maximum absolute atomic E-state index is 13.1. The fourth-order valence-corrected chi connectivity index (χ4v) is 4.48. The molecule has 136 valence electrons. The monoisotopic (exact) mass is 368 g/mol. The molecule has 1 N–H and O–H groups in total. The van der Waals surface area contributed by atoms with Crippen LogP contribution in [0.15, 0.2) is 40.7 Å². The molecule has 0 radical (unpaired) electrons. The first-order valence-electron chi connectivity index (χ1n) is 9.07. The highest BCUT2D eigenvalue weighted by Crippen LogP contribution is 2.45. The van der Waals surface area contributed by atoms with Crippen molar-refractivity contribution in [1.82, 2.24) is 14.8 Å². The van der Waals surface area contributed by atoms with Crippen LogP contribution in [0.5, 0.6) is 0 Å². The van der Waals surface area contributed by atoms with Gasteiger partial charge in [0.25, 0.3) is 0 Å². The van der Waals surface area contributed by atoms with Gasteiger partial charge in [0.2, 0.25) is 11.1 Å². The smallest absolute Gasteiger partial charge is 0.227 e. The Hall–Kier alpha value is -2.08. The SMILES string of the molecule is CCSc1nc2n(n1)C(c1cccc(C)c1)C1=C(CC(C)(C)CC1=O)N2. The van der Waals surface area contributed by atoms with Gasteiger partial charge in [-0.05, 0) is 30.1 Å². The van der Waals surface area contributed by atoms with E-state index in [0.717, 1.165) is 40.1 Å². The van der Waals surface area contributed by atoms with Crippen LogP contribution in [0.25, 0.3) is 0 Å². The minimum absolute atomic E-state index is 0.0384. The number of Topliss-reactive ketones (excluding diaryl/α,β-unsaturated/α-hetero) is 1. The fraction of sp³-hybridized carbons (Fsp3) is 0.450. The third-order valence-corrected chi connectivity index (χ3v) is 5.66. The molecule has 1 aliphatic heterocycles. The second kappa shape index (κ2) is 6.27. The highest BCUT2D eigenvalue weighted by Gasteiger charge is 2.41. The van der Waals surface area contributed by atoms with Gasteiger partial charge in [0.05, 0.1) is 0 Å². The van der Waals surface area contributed by atoms with Gasteiger partial charge in [0.1, 0.15) is 6.04 Å². The quantitative estimate of drug-likeness (QED) is 0.816. The van der Waals surface area contributed by atoms with Gasteiger partial charge in [-0.25, -0.2) is 4.68 Å². The van der Waals surface area contributed by atoms with E-state index in [2.05, 4.69) is 56.2 Å². The molecule has 0 fully saturated rings. The zero-order chi connectivity index (χ0) is 18.5. The summed E-state index contributed by atoms with van der Waals surface area (Å²) in [7, 11) is 0. The Morgan fingerprint density at radius 2 is 2.15 bits per heavy atom. The summed E-state index contributed by atoms with van der Waals surface area (Å²) in [5.41, 5.74) is 4.08. The first-order chi connectivity index (χ1) is 12.4. The first kappa shape index (κ1) is 17.3. The topological polar surface area (TPSA) is 59.8 Å². The lowest BCUT2D eigenvalue weighted by molar-refractivity contribution is -0.118. The predicted octanol–water partition coefficient (Wildman–Crippen LogP) is 4.36. The largest absolute Gasteiger partial charge is 0.328 e. The molecule has 26 heavy (non-hydrogen) atoms. The summed E-state index contributed by atoms with van der Waals surface area (Å²) < 4.78 is 1.89. The van der Waals surface area contributed by atoms with E-state index < -0.39 is 0 Å². The summed E-state index contributed by atoms with van der Waals surface area (Å²) in [5.74, 6) is 1.86. The normalized spacial score (nSPS) is 21.2. The molecule has 6 heteroatoms. The number of aryl methyl sites for hydroxylation is 1. The van der Waals surface area contributed by atoms with E-state index in [1.807, 2.05) is 10.7 Å². The minimum atomic E-state index is -0.205. The van der Waals surface area contributed by atoms with E-state index in [1.165, 1.54) is 5.56 Å². The van der Waals surface area contributed by atoms with Gasteiger partial charge in [0, 0.05) is 17.7 Å². The molecule has 0 saturated heterocycles. The summed E-state index contributed by atoms with van der Waals surface area (Å²) in [6.07, 6.45) is 1.41. The van der Waals surface area contributed by atoms with Crippen molar-refractivity contribution < 1.29 is 4.79 Å². The zero-order valence-electron chi connectivity index (χ0n) is 15.7. The molecule has 5 nitrogen and oxygen atoms in total. The van der Waals surface area contributed by atoms with Crippen molar-refractivity contribution in [2.45, 2.75) is 51.7 Å². The maximum Gasteiger partial charge on any atom is 0.227 e. The van der Waals surface area contributed by atoms with Gasteiger partial charge in [-0.15, -0.1) is 5.10 Å². The van der Waals surface area contributed by atoms with E-state index in [-0.39, 0.29) is 17.2 Å². The Labute approximate surface area is 158 Å². The second-order valence-corrected chi connectivity index (χ2v) is 9.10. The van der Waals surface area contributed by atoms with Gasteiger partial charge in [-0.3, -0.25) is 4.79 Å². The third-order valence-electron chi connectivity index (χ3n) is 4.94. The highest BCUT2D eigenvalue weighted by molar-refractivity contribution is 7.99. The molecular formula is C20H24N4OS. The van der Waals surface area contributed by atoms with Crippen molar-refractivity contribution in [3.05, 3.63) is 46.7 Å². The summed E-state index contributed by atoms with van der Waals surface area (Å²) in [5, 5.41) is 8.87. The molecule has 4 rings (SSSR count). The van der Waals surface area contributed by atoms with Crippen molar-refractivity contribution in [1.29, 1.82) is 0 Å². The van der Waals surface area contributed by atoms with Gasteiger partial charge >= 0.3 is 0 Å². The number of benzene rings is 1. The number of hydrogen-bond donors (Lipinski definition) is 1. The van der Waals surface area contributed by atoms with Crippen molar-refractivity contribution in [2.75, 3.05) is 11.1 Å². The Morgan fingerprint density at radius 1 is 1.35 bits per heavy atom. The van der Waals surface area contributed by atoms with Crippen molar-refractivity contribution in [2.24, 2.45) is 5.41 Å². The van der Waals surface area contributed by atoms with E-state index in [0.29, 0.717) is 6.42 Å². The van der Waals surface area contributed by atoms with Crippen LogP contribution in [-0.4, -0.2) is 26.3 Å². The van der Waals surface area contributed by atoms with Crippen molar-refractivity contribution in [3.8, 4) is 0 Å². The molecule has 1 aliphatic carbocycles. The lowest BCUT2D eigenvalue weighted by Crippen LogP contribution is -2.36. The number of nitrogens with one attached hydrogen (secondary N) is 1. The van der Waals surface area contributed by atoms with Gasteiger partial charge in [0.15, 0.2) is 5.78 Å². The van der Waals surface area contributed by atoms with Gasteiger partial charge in [-0.2, -0.15) is 4.98 Å². The van der Waals surface area contributed by atoms with Crippen LogP contribution in [0.4, 0.5) is 5.95 Å². The summed E-state index contributed by atoms with van der Waals surface area (Å²) >= 11 is 1.62. The number of carbonyl (C=O) groups excluding carboxylic acids is 1. The number of nitrogens with zero attached hydrogens (tertiary/aromatic N) is 3. The molecule has 1 aromatic carbocycles. The molecule has 2 aromatic rings. The van der Waals surface area contributed by atoms with E-state index in [1.54, 1.807) is 11.8 Å². The highest BCUT2D eigenvalue weighted by atomic mass is 32.2. The molecule has 0 spiro atoms. The maximum atomic E-state index is 13.1. The summed E-state index contributed by atoms with van der Waals surface area (Å²) in [6, 6.07) is 8.14. The average molecular weight is 369 g/mol. The molecule has 2 aliphatic rings. The molecule has 0 bridgehead atoms. The number of allylic oxidation sites excluding steroid dienone is 2. The summed E-state index contributed by atoms with van der Waals surface area (Å²) in [6.45, 7) is 8.46. The number of ketones is 1. The molecular weight excluding hydrogens is 344 g/mol. The van der Waals surface area contributed by atoms with Crippen LogP contribution >= 0.6 is 11.8 Å². The van der Waals surface area contributed by atoms with E-state index >= 15 is 0 Å². The predicted molar refractivity (Wildman–Crippen MR) is 104 cm³/mol. The van der Waals surface area contributed by atoms with E-state index in [9.17, 15) is 4.79 Å². The molecule has 1 aromatic heterocycles. The fourth-order valence-electron chi connectivity index (χ4n) is 3.93. The van der Waals surface area contributed by atoms with Crippen molar-refractivity contribution in [3.63, 3.8) is 0 Å². The molecule has 1 unspecified atom stereocenters. The van der Waals surface area contributed by atoms with Crippen LogP contribution in [0.2, 0.25) is 0 Å². The average Bonchev–Trinajstić information content (AvgIpc) is 2.94. The number of thioether (sulfide) groups is 1. The van der Waals surface area contributed by atoms with Crippen LogP contribution in [-0.2, 0) is 4.79 Å². The molecule has 0 amide bonds. The lowest BCUT2D eigenvalue weighted by atomic mass is 9.73. The van der Waals surface area contributed by atoms with Gasteiger partial charge in [-0.1, -0.05) is 62.4 Å². The minimum Gasteiger partial charge on any atom is -0.328 e. The Bertz CT molecular complexity index is 912. The number of rotatable bonds is 3. The number of hydrogen-bond acceptors (Lipinski definition) is 5. The van der Waals surface area contributed by atoms with Gasteiger partial charge < -0.3 is 5.32 Å². The van der Waals surface area contributed by atoms with Crippen molar-refractivity contribution >= 4 is 23.5 Å². The van der Waals surface area contributed by atoms with E-state index in [4.69, 9.17) is 5.10 Å². The van der Waals surface area contributed by atoms with Crippen LogP contribution in [0.3, 0.4) is 0 Å². The second-order valence-electron chi connectivity index (χ2n) is 7.87. The number of fused-ring (bicyclic) bond motifs is 1. The Kier molecular flexibility index (Phi) is 4.18. The third kappa shape index (κ3) is 2.96.